The Kier molecular flexibility index (Phi) is 3.66. The normalized spacial score (nSPS) is 11.9. The molecule has 2 rings (SSSR count). The Bertz CT molecular complexity index is 656. The first-order chi connectivity index (χ1) is 8.75. The van der Waals surface area contributed by atoms with E-state index in [0.717, 1.165) is 0 Å². The van der Waals surface area contributed by atoms with Gasteiger partial charge in [0.05, 0.1) is 10.5 Å². The first-order valence-electron chi connectivity index (χ1n) is 5.30. The van der Waals surface area contributed by atoms with Gasteiger partial charge in [-0.1, -0.05) is 27.5 Å². The van der Waals surface area contributed by atoms with E-state index in [1.807, 2.05) is 0 Å². The second-order valence-electron chi connectivity index (χ2n) is 3.99. The number of halogens is 5. The summed E-state index contributed by atoms with van der Waals surface area (Å²) in [6.07, 6.45) is -4.51. The number of nitrogens with zero attached hydrogens (tertiary/aromatic N) is 1. The van der Waals surface area contributed by atoms with Crippen molar-refractivity contribution < 1.29 is 13.2 Å². The van der Waals surface area contributed by atoms with Gasteiger partial charge in [-0.15, -0.1) is 0 Å². The largest absolute Gasteiger partial charge is 0.433 e. The number of nitrogens with one attached hydrogen (secondary N) is 1. The molecule has 1 heterocycles. The molecule has 1 aromatic carbocycles. The van der Waals surface area contributed by atoms with Gasteiger partial charge in [0, 0.05) is 28.2 Å². The highest BCUT2D eigenvalue weighted by molar-refractivity contribution is 9.10. The quantitative estimate of drug-likeness (QED) is 0.778. The van der Waals surface area contributed by atoms with E-state index < -0.39 is 11.9 Å². The zero-order valence-electron chi connectivity index (χ0n) is 9.99. The van der Waals surface area contributed by atoms with Crippen LogP contribution in [0.1, 0.15) is 11.3 Å². The first kappa shape index (κ1) is 14.4. The number of alkyl halides is 3. The fraction of sp³-hybridized carbons (Fsp3) is 0.250. The van der Waals surface area contributed by atoms with Crippen molar-refractivity contribution in [1.82, 2.24) is 4.98 Å². The lowest BCUT2D eigenvalue weighted by Gasteiger charge is -2.16. The highest BCUT2D eigenvalue weighted by Gasteiger charge is 2.36. The summed E-state index contributed by atoms with van der Waals surface area (Å²) in [6, 6.07) is 3.21. The Morgan fingerprint density at radius 2 is 1.95 bits per heavy atom. The Hall–Kier alpha value is -1.01. The molecular formula is C12H9BrClF3N2. The highest BCUT2D eigenvalue weighted by Crippen LogP contribution is 2.39. The van der Waals surface area contributed by atoms with Crippen LogP contribution >= 0.6 is 27.5 Å². The molecule has 0 aliphatic heterocycles. The lowest BCUT2D eigenvalue weighted by atomic mass is 10.1. The first-order valence-corrected chi connectivity index (χ1v) is 6.47. The van der Waals surface area contributed by atoms with Crippen LogP contribution in [-0.2, 0) is 6.18 Å². The smallest absolute Gasteiger partial charge is 0.387 e. The molecule has 0 bridgehead atoms. The number of aromatic nitrogens is 1. The molecule has 0 fully saturated rings. The van der Waals surface area contributed by atoms with Crippen LogP contribution in [0.4, 0.5) is 18.9 Å². The van der Waals surface area contributed by atoms with E-state index >= 15 is 0 Å². The number of hydrogen-bond acceptors (Lipinski definition) is 2. The van der Waals surface area contributed by atoms with Gasteiger partial charge in [0.25, 0.3) is 0 Å². The molecule has 1 aromatic heterocycles. The van der Waals surface area contributed by atoms with E-state index in [9.17, 15) is 13.2 Å². The van der Waals surface area contributed by atoms with E-state index in [1.165, 1.54) is 13.0 Å². The van der Waals surface area contributed by atoms with E-state index in [0.29, 0.717) is 15.5 Å². The van der Waals surface area contributed by atoms with Gasteiger partial charge in [-0.05, 0) is 19.1 Å². The molecule has 0 unspecified atom stereocenters. The number of anilines is 1. The molecule has 0 amide bonds. The monoisotopic (exact) mass is 352 g/mol. The number of fused-ring (bicyclic) bond motifs is 1. The standard InChI is InChI=1S/C12H9BrClF3N2/c1-5-9(18-2)7-3-6(13)4-8(14)10(7)19-11(5)12(15,16)17/h3-4H,1-2H3,(H,18,19). The number of pyridine rings is 1. The predicted molar refractivity (Wildman–Crippen MR) is 73.7 cm³/mol. The van der Waals surface area contributed by atoms with Crippen LogP contribution in [0.5, 0.6) is 0 Å². The lowest BCUT2D eigenvalue weighted by molar-refractivity contribution is -0.141. The Morgan fingerprint density at radius 3 is 2.47 bits per heavy atom. The summed E-state index contributed by atoms with van der Waals surface area (Å²) in [5.74, 6) is 0. The summed E-state index contributed by atoms with van der Waals surface area (Å²) in [5, 5.41) is 3.51. The Morgan fingerprint density at radius 1 is 1.32 bits per heavy atom. The van der Waals surface area contributed by atoms with E-state index in [4.69, 9.17) is 11.6 Å². The molecule has 0 saturated heterocycles. The molecule has 2 aromatic rings. The molecule has 0 aliphatic carbocycles. The van der Waals surface area contributed by atoms with Gasteiger partial charge in [-0.3, -0.25) is 0 Å². The van der Waals surface area contributed by atoms with Crippen LogP contribution in [0.3, 0.4) is 0 Å². The summed E-state index contributed by atoms with van der Waals surface area (Å²) >= 11 is 9.24. The van der Waals surface area contributed by atoms with E-state index in [-0.39, 0.29) is 16.1 Å². The molecular weight excluding hydrogens is 344 g/mol. The van der Waals surface area contributed by atoms with Gasteiger partial charge in [0.15, 0.2) is 0 Å². The van der Waals surface area contributed by atoms with Gasteiger partial charge in [0.1, 0.15) is 5.69 Å². The number of hydrogen-bond donors (Lipinski definition) is 1. The Balaban J connectivity index is 2.95. The van der Waals surface area contributed by atoms with E-state index in [1.54, 1.807) is 13.1 Å². The van der Waals surface area contributed by atoms with Gasteiger partial charge in [-0.2, -0.15) is 13.2 Å². The highest BCUT2D eigenvalue weighted by atomic mass is 79.9. The molecule has 19 heavy (non-hydrogen) atoms. The average molecular weight is 354 g/mol. The van der Waals surface area contributed by atoms with Crippen molar-refractivity contribution in [1.29, 1.82) is 0 Å². The number of benzene rings is 1. The van der Waals surface area contributed by atoms with Crippen LogP contribution in [0.2, 0.25) is 5.02 Å². The molecule has 0 atom stereocenters. The van der Waals surface area contributed by atoms with Crippen LogP contribution in [0.25, 0.3) is 10.9 Å². The molecule has 1 N–H and O–H groups in total. The van der Waals surface area contributed by atoms with Crippen molar-refractivity contribution in [3.63, 3.8) is 0 Å². The molecule has 0 spiro atoms. The lowest BCUT2D eigenvalue weighted by Crippen LogP contribution is -2.12. The van der Waals surface area contributed by atoms with Crippen LogP contribution in [0, 0.1) is 6.92 Å². The molecule has 2 nitrogen and oxygen atoms in total. The summed E-state index contributed by atoms with van der Waals surface area (Å²) in [4.78, 5) is 3.68. The van der Waals surface area contributed by atoms with Crippen molar-refractivity contribution in [2.24, 2.45) is 0 Å². The van der Waals surface area contributed by atoms with Crippen molar-refractivity contribution in [2.45, 2.75) is 13.1 Å². The van der Waals surface area contributed by atoms with Crippen LogP contribution in [0.15, 0.2) is 16.6 Å². The minimum Gasteiger partial charge on any atom is -0.387 e. The van der Waals surface area contributed by atoms with Gasteiger partial charge in [-0.25, -0.2) is 4.98 Å². The maximum absolute atomic E-state index is 13.0. The van der Waals surface area contributed by atoms with Crippen molar-refractivity contribution in [3.05, 3.63) is 32.9 Å². The van der Waals surface area contributed by atoms with Gasteiger partial charge < -0.3 is 5.32 Å². The summed E-state index contributed by atoms with van der Waals surface area (Å²) in [6.45, 7) is 1.38. The third-order valence-corrected chi connectivity index (χ3v) is 3.52. The van der Waals surface area contributed by atoms with Gasteiger partial charge in [0.2, 0.25) is 0 Å². The third kappa shape index (κ3) is 2.51. The molecule has 102 valence electrons. The van der Waals surface area contributed by atoms with Crippen molar-refractivity contribution in [3.8, 4) is 0 Å². The van der Waals surface area contributed by atoms with Crippen LogP contribution in [-0.4, -0.2) is 12.0 Å². The Labute approximate surface area is 121 Å². The van der Waals surface area contributed by atoms with Gasteiger partial charge >= 0.3 is 6.18 Å². The molecule has 0 aliphatic rings. The second kappa shape index (κ2) is 4.83. The second-order valence-corrected chi connectivity index (χ2v) is 5.31. The van der Waals surface area contributed by atoms with E-state index in [2.05, 4.69) is 26.2 Å². The van der Waals surface area contributed by atoms with Crippen LogP contribution < -0.4 is 5.32 Å². The fourth-order valence-corrected chi connectivity index (χ4v) is 2.84. The number of rotatable bonds is 1. The molecule has 0 radical (unpaired) electrons. The average Bonchev–Trinajstić information content (AvgIpc) is 2.26. The predicted octanol–water partition coefficient (Wildman–Crippen LogP) is 5.02. The summed E-state index contributed by atoms with van der Waals surface area (Å²) < 4.78 is 39.6. The van der Waals surface area contributed by atoms with Crippen molar-refractivity contribution >= 4 is 44.1 Å². The fourth-order valence-electron chi connectivity index (χ4n) is 1.98. The van der Waals surface area contributed by atoms with Crippen molar-refractivity contribution in [2.75, 3.05) is 12.4 Å². The summed E-state index contributed by atoms with van der Waals surface area (Å²) in [7, 11) is 1.57. The maximum atomic E-state index is 13.0. The zero-order valence-corrected chi connectivity index (χ0v) is 12.3. The third-order valence-electron chi connectivity index (χ3n) is 2.77. The summed E-state index contributed by atoms with van der Waals surface area (Å²) in [5.41, 5.74) is -0.363. The topological polar surface area (TPSA) is 24.9 Å². The maximum Gasteiger partial charge on any atom is 0.433 e. The minimum absolute atomic E-state index is 0.0525. The molecule has 0 saturated carbocycles. The zero-order chi connectivity index (χ0) is 14.4. The minimum atomic E-state index is -4.51. The SMILES string of the molecule is CNc1c(C)c(C(F)(F)F)nc2c(Cl)cc(Br)cc12. The molecule has 7 heteroatoms.